The van der Waals surface area contributed by atoms with Gasteiger partial charge in [-0.15, -0.1) is 0 Å². The smallest absolute Gasteiger partial charge is 0.0359 e. The second-order valence-corrected chi connectivity index (χ2v) is 6.67. The van der Waals surface area contributed by atoms with Gasteiger partial charge < -0.3 is 11.1 Å². The average Bonchev–Trinajstić information content (AvgIpc) is 2.13. The molecule has 0 atom stereocenters. The highest BCUT2D eigenvalue weighted by Gasteiger charge is 2.24. The van der Waals surface area contributed by atoms with E-state index in [4.69, 9.17) is 5.73 Å². The van der Waals surface area contributed by atoms with E-state index in [0.29, 0.717) is 5.41 Å². The Morgan fingerprint density at radius 1 is 1.06 bits per heavy atom. The molecule has 0 unspecified atom stereocenters. The molecular weight excluding hydrogens is 208 g/mol. The molecule has 0 amide bonds. The molecule has 0 aliphatic carbocycles. The van der Waals surface area contributed by atoms with Crippen molar-refractivity contribution in [2.45, 2.75) is 53.1 Å². The summed E-state index contributed by atoms with van der Waals surface area (Å²) >= 11 is 0. The van der Waals surface area contributed by atoms with E-state index in [0.717, 1.165) is 18.7 Å². The molecule has 2 nitrogen and oxygen atoms in total. The molecule has 0 bridgehead atoms. The molecule has 1 aromatic rings. The highest BCUT2D eigenvalue weighted by atomic mass is 15.0. The number of nitrogens with one attached hydrogen (secondary N) is 1. The van der Waals surface area contributed by atoms with E-state index in [-0.39, 0.29) is 5.54 Å². The summed E-state index contributed by atoms with van der Waals surface area (Å²) in [5, 5.41) is 3.59. The van der Waals surface area contributed by atoms with E-state index >= 15 is 0 Å². The highest BCUT2D eigenvalue weighted by Crippen LogP contribution is 2.27. The van der Waals surface area contributed by atoms with Gasteiger partial charge in [0, 0.05) is 17.8 Å². The van der Waals surface area contributed by atoms with Gasteiger partial charge in [-0.25, -0.2) is 0 Å². The van der Waals surface area contributed by atoms with Crippen molar-refractivity contribution < 1.29 is 0 Å². The molecule has 0 aliphatic rings. The third-order valence-corrected chi connectivity index (χ3v) is 2.78. The molecule has 1 rings (SSSR count). The summed E-state index contributed by atoms with van der Waals surface area (Å²) in [5.74, 6) is 0. The first-order valence-corrected chi connectivity index (χ1v) is 6.28. The van der Waals surface area contributed by atoms with Crippen molar-refractivity contribution in [1.82, 2.24) is 5.32 Å². The van der Waals surface area contributed by atoms with Crippen LogP contribution in [0, 0.1) is 5.41 Å². The normalized spacial score (nSPS) is 12.8. The maximum Gasteiger partial charge on any atom is 0.0359 e. The van der Waals surface area contributed by atoms with Crippen LogP contribution in [0.15, 0.2) is 24.3 Å². The molecule has 2 heteroatoms. The summed E-state index contributed by atoms with van der Waals surface area (Å²) in [7, 11) is 0. The van der Waals surface area contributed by atoms with Gasteiger partial charge >= 0.3 is 0 Å². The van der Waals surface area contributed by atoms with Gasteiger partial charge in [0.1, 0.15) is 0 Å². The predicted molar refractivity (Wildman–Crippen MR) is 75.8 cm³/mol. The Kier molecular flexibility index (Phi) is 4.21. The molecular formula is C15H26N2. The van der Waals surface area contributed by atoms with Gasteiger partial charge in [-0.3, -0.25) is 0 Å². The van der Waals surface area contributed by atoms with E-state index in [9.17, 15) is 0 Å². The topological polar surface area (TPSA) is 38.0 Å². The van der Waals surface area contributed by atoms with E-state index in [1.54, 1.807) is 0 Å². The van der Waals surface area contributed by atoms with Crippen LogP contribution in [0.2, 0.25) is 0 Å². The van der Waals surface area contributed by atoms with Gasteiger partial charge in [-0.1, -0.05) is 39.0 Å². The summed E-state index contributed by atoms with van der Waals surface area (Å²) in [4.78, 5) is 0. The van der Waals surface area contributed by atoms with Crippen LogP contribution < -0.4 is 11.1 Å². The van der Waals surface area contributed by atoms with Crippen molar-refractivity contribution in [1.29, 1.82) is 0 Å². The van der Waals surface area contributed by atoms with E-state index in [2.05, 4.69) is 46.0 Å². The zero-order valence-corrected chi connectivity index (χ0v) is 11.8. The first-order valence-electron chi connectivity index (χ1n) is 6.28. The molecule has 0 saturated heterocycles. The highest BCUT2D eigenvalue weighted by molar-refractivity contribution is 5.46. The van der Waals surface area contributed by atoms with Gasteiger partial charge in [0.05, 0.1) is 0 Å². The average molecular weight is 234 g/mol. The standard InChI is InChI=1S/C15H26N2/c1-14(2,3)11-15(4,5)17-10-12-8-6-7-9-13(12)16/h6-9,17H,10-11,16H2,1-5H3. The molecule has 17 heavy (non-hydrogen) atoms. The van der Waals surface area contributed by atoms with Crippen molar-refractivity contribution in [3.05, 3.63) is 29.8 Å². The SMILES string of the molecule is CC(C)(C)CC(C)(C)NCc1ccccc1N. The lowest BCUT2D eigenvalue weighted by molar-refractivity contribution is 0.241. The minimum Gasteiger partial charge on any atom is -0.398 e. The number of para-hydroxylation sites is 1. The lowest BCUT2D eigenvalue weighted by Gasteiger charge is -2.33. The van der Waals surface area contributed by atoms with E-state index in [1.807, 2.05) is 18.2 Å². The van der Waals surface area contributed by atoms with Crippen LogP contribution in [0.3, 0.4) is 0 Å². The van der Waals surface area contributed by atoms with Crippen molar-refractivity contribution in [3.63, 3.8) is 0 Å². The molecule has 0 aromatic heterocycles. The van der Waals surface area contributed by atoms with Crippen LogP contribution in [0.1, 0.15) is 46.6 Å². The lowest BCUT2D eigenvalue weighted by Crippen LogP contribution is -2.41. The fourth-order valence-electron chi connectivity index (χ4n) is 2.42. The van der Waals surface area contributed by atoms with Gasteiger partial charge in [-0.05, 0) is 37.3 Å². The van der Waals surface area contributed by atoms with Crippen molar-refractivity contribution in [2.75, 3.05) is 5.73 Å². The Labute approximate surface area is 106 Å². The van der Waals surface area contributed by atoms with Crippen LogP contribution in [0.5, 0.6) is 0 Å². The third-order valence-electron chi connectivity index (χ3n) is 2.78. The Morgan fingerprint density at radius 2 is 1.65 bits per heavy atom. The van der Waals surface area contributed by atoms with Crippen molar-refractivity contribution in [3.8, 4) is 0 Å². The van der Waals surface area contributed by atoms with Crippen LogP contribution in [0.4, 0.5) is 5.69 Å². The molecule has 0 heterocycles. The maximum absolute atomic E-state index is 5.94. The number of rotatable bonds is 4. The van der Waals surface area contributed by atoms with Crippen LogP contribution in [0.25, 0.3) is 0 Å². The molecule has 96 valence electrons. The second kappa shape index (κ2) is 5.09. The number of nitrogen functional groups attached to an aromatic ring is 1. The minimum absolute atomic E-state index is 0.126. The van der Waals surface area contributed by atoms with Crippen molar-refractivity contribution in [2.24, 2.45) is 5.41 Å². The van der Waals surface area contributed by atoms with Crippen LogP contribution in [-0.2, 0) is 6.54 Å². The number of nitrogens with two attached hydrogens (primary N) is 1. The zero-order chi connectivity index (χ0) is 13.1. The first-order chi connectivity index (χ1) is 7.70. The molecule has 0 saturated carbocycles. The second-order valence-electron chi connectivity index (χ2n) is 6.67. The van der Waals surface area contributed by atoms with Crippen LogP contribution >= 0.6 is 0 Å². The quantitative estimate of drug-likeness (QED) is 0.782. The number of hydrogen-bond donors (Lipinski definition) is 2. The molecule has 0 radical (unpaired) electrons. The van der Waals surface area contributed by atoms with Gasteiger partial charge in [0.2, 0.25) is 0 Å². The predicted octanol–water partition coefficient (Wildman–Crippen LogP) is 3.57. The number of hydrogen-bond acceptors (Lipinski definition) is 2. The third kappa shape index (κ3) is 5.22. The lowest BCUT2D eigenvalue weighted by atomic mass is 9.81. The Balaban J connectivity index is 2.59. The fraction of sp³-hybridized carbons (Fsp3) is 0.600. The van der Waals surface area contributed by atoms with E-state index in [1.165, 1.54) is 5.56 Å². The monoisotopic (exact) mass is 234 g/mol. The van der Waals surface area contributed by atoms with Crippen LogP contribution in [-0.4, -0.2) is 5.54 Å². The summed E-state index contributed by atoms with van der Waals surface area (Å²) < 4.78 is 0. The molecule has 0 spiro atoms. The van der Waals surface area contributed by atoms with E-state index < -0.39 is 0 Å². The Hall–Kier alpha value is -1.02. The van der Waals surface area contributed by atoms with Gasteiger partial charge in [0.25, 0.3) is 0 Å². The summed E-state index contributed by atoms with van der Waals surface area (Å²) in [6.07, 6.45) is 1.13. The molecule has 0 aliphatic heterocycles. The minimum atomic E-state index is 0.126. The first kappa shape index (κ1) is 14.0. The molecule has 3 N–H and O–H groups in total. The number of benzene rings is 1. The summed E-state index contributed by atoms with van der Waals surface area (Å²) in [6, 6.07) is 8.03. The van der Waals surface area contributed by atoms with Crippen molar-refractivity contribution >= 4 is 5.69 Å². The zero-order valence-electron chi connectivity index (χ0n) is 11.8. The molecule has 0 fully saturated rings. The van der Waals surface area contributed by atoms with Gasteiger partial charge in [-0.2, -0.15) is 0 Å². The summed E-state index contributed by atoms with van der Waals surface area (Å²) in [5.41, 5.74) is 8.44. The summed E-state index contributed by atoms with van der Waals surface area (Å²) in [6.45, 7) is 12.1. The Morgan fingerprint density at radius 3 is 2.18 bits per heavy atom. The van der Waals surface area contributed by atoms with Gasteiger partial charge in [0.15, 0.2) is 0 Å². The fourth-order valence-corrected chi connectivity index (χ4v) is 2.42. The Bertz CT molecular complexity index is 361. The molecule has 1 aromatic carbocycles. The number of anilines is 1. The largest absolute Gasteiger partial charge is 0.398 e. The maximum atomic E-state index is 5.94.